The van der Waals surface area contributed by atoms with E-state index in [0.29, 0.717) is 0 Å². The van der Waals surface area contributed by atoms with Gasteiger partial charge in [-0.15, -0.1) is 0 Å². The predicted octanol–water partition coefficient (Wildman–Crippen LogP) is 2.64. The molecule has 1 saturated carbocycles. The highest BCUT2D eigenvalue weighted by Crippen LogP contribution is 2.23. The molecule has 1 heterocycles. The average molecular weight is 224 g/mol. The minimum atomic E-state index is 0.886. The Labute approximate surface area is 101 Å². The normalized spacial score (nSPS) is 25.9. The number of rotatable bonds is 3. The molecule has 2 nitrogen and oxygen atoms in total. The fraction of sp³-hybridized carbons (Fsp3) is 1.00. The van der Waals surface area contributed by atoms with Crippen LogP contribution in [0.1, 0.15) is 51.4 Å². The van der Waals surface area contributed by atoms with Gasteiger partial charge in [-0.25, -0.2) is 0 Å². The van der Waals surface area contributed by atoms with E-state index < -0.39 is 0 Å². The van der Waals surface area contributed by atoms with Gasteiger partial charge < -0.3 is 10.2 Å². The van der Waals surface area contributed by atoms with E-state index in [-0.39, 0.29) is 0 Å². The maximum atomic E-state index is 3.46. The lowest BCUT2D eigenvalue weighted by molar-refractivity contribution is 0.172. The molecule has 94 valence electrons. The van der Waals surface area contributed by atoms with E-state index in [1.165, 1.54) is 71.0 Å². The first-order chi connectivity index (χ1) is 7.86. The van der Waals surface area contributed by atoms with Gasteiger partial charge in [0.1, 0.15) is 0 Å². The van der Waals surface area contributed by atoms with Gasteiger partial charge >= 0.3 is 0 Å². The van der Waals surface area contributed by atoms with Crippen molar-refractivity contribution in [3.63, 3.8) is 0 Å². The second-order valence-electron chi connectivity index (χ2n) is 5.78. The van der Waals surface area contributed by atoms with Crippen LogP contribution in [-0.4, -0.2) is 37.6 Å². The molecule has 0 radical (unpaired) electrons. The lowest BCUT2D eigenvalue weighted by Crippen LogP contribution is -2.39. The van der Waals surface area contributed by atoms with Gasteiger partial charge in [0.15, 0.2) is 0 Å². The number of nitrogens with zero attached hydrogens (tertiary/aromatic N) is 1. The number of hydrogen-bond acceptors (Lipinski definition) is 2. The molecule has 2 rings (SSSR count). The molecule has 0 aromatic heterocycles. The Hall–Kier alpha value is -0.0800. The van der Waals surface area contributed by atoms with E-state index in [4.69, 9.17) is 0 Å². The van der Waals surface area contributed by atoms with Crippen LogP contribution in [0.4, 0.5) is 0 Å². The number of piperidine rings is 1. The quantitative estimate of drug-likeness (QED) is 0.741. The van der Waals surface area contributed by atoms with Crippen LogP contribution in [0.3, 0.4) is 0 Å². The van der Waals surface area contributed by atoms with E-state index in [0.717, 1.165) is 12.0 Å². The first kappa shape index (κ1) is 12.4. The maximum Gasteiger partial charge on any atom is 0.00923 e. The van der Waals surface area contributed by atoms with Crippen LogP contribution in [0.15, 0.2) is 0 Å². The fourth-order valence-electron chi connectivity index (χ4n) is 3.32. The van der Waals surface area contributed by atoms with Crippen molar-refractivity contribution in [1.82, 2.24) is 10.2 Å². The van der Waals surface area contributed by atoms with E-state index in [9.17, 15) is 0 Å². The average Bonchev–Trinajstić information content (AvgIpc) is 2.59. The molecule has 0 bridgehead atoms. The van der Waals surface area contributed by atoms with Crippen molar-refractivity contribution >= 4 is 0 Å². The van der Waals surface area contributed by atoms with E-state index >= 15 is 0 Å². The molecule has 2 heteroatoms. The Bertz CT molecular complexity index is 179. The van der Waals surface area contributed by atoms with Crippen LogP contribution >= 0.6 is 0 Å². The summed E-state index contributed by atoms with van der Waals surface area (Å²) in [5.41, 5.74) is 0. The standard InChI is InChI=1S/C14H28N2/c1-16(12-13-8-10-15-11-9-13)14-6-4-2-3-5-7-14/h13-15H,2-12H2,1H3. The highest BCUT2D eigenvalue weighted by Gasteiger charge is 2.21. The molecule has 0 unspecified atom stereocenters. The third kappa shape index (κ3) is 3.74. The largest absolute Gasteiger partial charge is 0.317 e. The minimum absolute atomic E-state index is 0.886. The first-order valence-electron chi connectivity index (χ1n) is 7.27. The zero-order chi connectivity index (χ0) is 11.2. The second kappa shape index (κ2) is 6.61. The van der Waals surface area contributed by atoms with Crippen molar-refractivity contribution in [2.45, 2.75) is 57.4 Å². The van der Waals surface area contributed by atoms with Gasteiger partial charge in [-0.2, -0.15) is 0 Å². The molecular weight excluding hydrogens is 196 g/mol. The molecule has 0 aromatic rings. The Morgan fingerprint density at radius 2 is 1.56 bits per heavy atom. The molecule has 0 atom stereocenters. The van der Waals surface area contributed by atoms with Crippen LogP contribution in [0, 0.1) is 5.92 Å². The summed E-state index contributed by atoms with van der Waals surface area (Å²) in [4.78, 5) is 2.67. The maximum absolute atomic E-state index is 3.46. The number of nitrogens with one attached hydrogen (secondary N) is 1. The molecular formula is C14H28N2. The minimum Gasteiger partial charge on any atom is -0.317 e. The van der Waals surface area contributed by atoms with E-state index in [1.807, 2.05) is 0 Å². The molecule has 0 amide bonds. The van der Waals surface area contributed by atoms with Gasteiger partial charge in [-0.3, -0.25) is 0 Å². The summed E-state index contributed by atoms with van der Waals surface area (Å²) in [6.07, 6.45) is 11.5. The summed E-state index contributed by atoms with van der Waals surface area (Å²) in [5, 5.41) is 3.46. The molecule has 0 spiro atoms. The molecule has 2 aliphatic rings. The van der Waals surface area contributed by atoms with Crippen molar-refractivity contribution in [3.8, 4) is 0 Å². The summed E-state index contributed by atoms with van der Waals surface area (Å²) in [7, 11) is 2.36. The van der Waals surface area contributed by atoms with Crippen LogP contribution in [0.5, 0.6) is 0 Å². The van der Waals surface area contributed by atoms with Gasteiger partial charge in [0.25, 0.3) is 0 Å². The van der Waals surface area contributed by atoms with Gasteiger partial charge in [0.2, 0.25) is 0 Å². The molecule has 1 aliphatic carbocycles. The molecule has 1 aliphatic heterocycles. The fourth-order valence-corrected chi connectivity index (χ4v) is 3.32. The zero-order valence-corrected chi connectivity index (χ0v) is 10.9. The third-order valence-electron chi connectivity index (χ3n) is 4.45. The van der Waals surface area contributed by atoms with Crippen molar-refractivity contribution in [1.29, 1.82) is 0 Å². The predicted molar refractivity (Wildman–Crippen MR) is 69.7 cm³/mol. The van der Waals surface area contributed by atoms with Gasteiger partial charge in [-0.05, 0) is 51.7 Å². The molecule has 1 N–H and O–H groups in total. The Kier molecular flexibility index (Phi) is 5.11. The second-order valence-corrected chi connectivity index (χ2v) is 5.78. The summed E-state index contributed by atoms with van der Waals surface area (Å²) in [6, 6.07) is 0.886. The SMILES string of the molecule is CN(CC1CCNCC1)C1CCCCCC1. The monoisotopic (exact) mass is 224 g/mol. The molecule has 2 fully saturated rings. The van der Waals surface area contributed by atoms with Crippen molar-refractivity contribution in [3.05, 3.63) is 0 Å². The molecule has 16 heavy (non-hydrogen) atoms. The highest BCUT2D eigenvalue weighted by atomic mass is 15.1. The van der Waals surface area contributed by atoms with Crippen LogP contribution in [-0.2, 0) is 0 Å². The Balaban J connectivity index is 1.74. The summed E-state index contributed by atoms with van der Waals surface area (Å²) >= 11 is 0. The Morgan fingerprint density at radius 1 is 0.938 bits per heavy atom. The van der Waals surface area contributed by atoms with Crippen LogP contribution in [0.25, 0.3) is 0 Å². The van der Waals surface area contributed by atoms with Crippen molar-refractivity contribution < 1.29 is 0 Å². The van der Waals surface area contributed by atoms with Gasteiger partial charge in [-0.1, -0.05) is 25.7 Å². The van der Waals surface area contributed by atoms with Gasteiger partial charge in [0.05, 0.1) is 0 Å². The summed E-state index contributed by atoms with van der Waals surface area (Å²) in [6.45, 7) is 3.82. The molecule has 0 aromatic carbocycles. The lowest BCUT2D eigenvalue weighted by Gasteiger charge is -2.32. The summed E-state index contributed by atoms with van der Waals surface area (Å²) in [5.74, 6) is 0.953. The number of hydrogen-bond donors (Lipinski definition) is 1. The molecule has 1 saturated heterocycles. The highest BCUT2D eigenvalue weighted by molar-refractivity contribution is 4.77. The third-order valence-corrected chi connectivity index (χ3v) is 4.45. The summed E-state index contributed by atoms with van der Waals surface area (Å²) < 4.78 is 0. The van der Waals surface area contributed by atoms with Crippen LogP contribution in [0.2, 0.25) is 0 Å². The smallest absolute Gasteiger partial charge is 0.00923 e. The van der Waals surface area contributed by atoms with Crippen molar-refractivity contribution in [2.75, 3.05) is 26.7 Å². The topological polar surface area (TPSA) is 15.3 Å². The van der Waals surface area contributed by atoms with Crippen LogP contribution < -0.4 is 5.32 Å². The van der Waals surface area contributed by atoms with Gasteiger partial charge in [0, 0.05) is 12.6 Å². The zero-order valence-electron chi connectivity index (χ0n) is 10.9. The Morgan fingerprint density at radius 3 is 2.19 bits per heavy atom. The first-order valence-corrected chi connectivity index (χ1v) is 7.27. The van der Waals surface area contributed by atoms with Crippen molar-refractivity contribution in [2.24, 2.45) is 5.92 Å². The van der Waals surface area contributed by atoms with E-state index in [1.54, 1.807) is 0 Å². The van der Waals surface area contributed by atoms with E-state index in [2.05, 4.69) is 17.3 Å². The lowest BCUT2D eigenvalue weighted by atomic mass is 9.96.